The summed E-state index contributed by atoms with van der Waals surface area (Å²) in [5.74, 6) is -0.0538. The van der Waals surface area contributed by atoms with Gasteiger partial charge < -0.3 is 20.1 Å². The molecular weight excluding hydrogens is 483 g/mol. The molecule has 1 aromatic carbocycles. The van der Waals surface area contributed by atoms with Crippen molar-refractivity contribution in [3.8, 4) is 0 Å². The fourth-order valence-corrected chi connectivity index (χ4v) is 5.85. The van der Waals surface area contributed by atoms with Crippen LogP contribution in [0.4, 0.5) is 4.39 Å². The molecule has 0 bridgehead atoms. The molecule has 1 saturated carbocycles. The van der Waals surface area contributed by atoms with Crippen molar-refractivity contribution in [3.05, 3.63) is 34.6 Å². The SMILES string of the molecule is COC(=O)CCCO[C@@H](c1cccc(Cl)c1F)[C@@H]1CCCN(C(=O)CC[C@@H](N)CC2CCCCC2)C1. The minimum atomic E-state index is -0.550. The Hall–Kier alpha value is -1.70. The van der Waals surface area contributed by atoms with Crippen LogP contribution < -0.4 is 5.73 Å². The highest BCUT2D eigenvalue weighted by Crippen LogP contribution is 2.36. The minimum Gasteiger partial charge on any atom is -0.469 e. The van der Waals surface area contributed by atoms with E-state index in [4.69, 9.17) is 26.8 Å². The van der Waals surface area contributed by atoms with Gasteiger partial charge in [0.25, 0.3) is 0 Å². The molecule has 6 nitrogen and oxygen atoms in total. The number of rotatable bonds is 12. The van der Waals surface area contributed by atoms with E-state index in [1.807, 2.05) is 4.90 Å². The molecule has 0 spiro atoms. The van der Waals surface area contributed by atoms with Gasteiger partial charge in [0.15, 0.2) is 0 Å². The zero-order valence-electron chi connectivity index (χ0n) is 21.6. The number of nitrogens with two attached hydrogens (primary N) is 1. The number of ether oxygens (including phenoxy) is 2. The maximum atomic E-state index is 15.0. The lowest BCUT2D eigenvalue weighted by Gasteiger charge is -2.37. The standard InChI is InChI=1S/C28H42ClFN2O4/c1-35-26(34)13-7-17-36-28(23-11-5-12-24(29)27(23)30)21-10-6-16-32(19-21)25(33)15-14-22(31)18-20-8-3-2-4-9-20/h5,11-12,20-22,28H,2-4,6-10,13-19,31H2,1H3/t21-,22-,28-/m1/s1. The maximum absolute atomic E-state index is 15.0. The summed E-state index contributed by atoms with van der Waals surface area (Å²) in [6.45, 7) is 1.48. The monoisotopic (exact) mass is 524 g/mol. The molecule has 3 atom stereocenters. The molecule has 1 aliphatic carbocycles. The lowest BCUT2D eigenvalue weighted by Crippen LogP contribution is -2.42. The zero-order valence-corrected chi connectivity index (χ0v) is 22.3. The Morgan fingerprint density at radius 3 is 2.69 bits per heavy atom. The van der Waals surface area contributed by atoms with Crippen LogP contribution in [-0.2, 0) is 19.1 Å². The van der Waals surface area contributed by atoms with Crippen LogP contribution in [0.2, 0.25) is 5.02 Å². The van der Waals surface area contributed by atoms with E-state index in [0.717, 1.165) is 19.3 Å². The number of piperidine rings is 1. The Morgan fingerprint density at radius 2 is 1.94 bits per heavy atom. The first-order valence-electron chi connectivity index (χ1n) is 13.5. The summed E-state index contributed by atoms with van der Waals surface area (Å²) in [6.07, 6.45) is 10.4. The summed E-state index contributed by atoms with van der Waals surface area (Å²) in [5, 5.41) is 0.0476. The zero-order chi connectivity index (χ0) is 25.9. The first-order valence-corrected chi connectivity index (χ1v) is 13.9. The van der Waals surface area contributed by atoms with Gasteiger partial charge in [0, 0.05) is 50.1 Å². The molecule has 0 radical (unpaired) electrons. The van der Waals surface area contributed by atoms with Gasteiger partial charge in [0.05, 0.1) is 18.2 Å². The molecule has 1 aliphatic heterocycles. The number of amides is 1. The van der Waals surface area contributed by atoms with Crippen molar-refractivity contribution in [1.82, 2.24) is 4.90 Å². The van der Waals surface area contributed by atoms with Crippen molar-refractivity contribution in [2.75, 3.05) is 26.8 Å². The smallest absolute Gasteiger partial charge is 0.305 e. The number of hydrogen-bond donors (Lipinski definition) is 1. The van der Waals surface area contributed by atoms with Gasteiger partial charge in [-0.3, -0.25) is 9.59 Å². The summed E-state index contributed by atoms with van der Waals surface area (Å²) in [5.41, 5.74) is 6.78. The Morgan fingerprint density at radius 1 is 1.17 bits per heavy atom. The van der Waals surface area contributed by atoms with Crippen LogP contribution >= 0.6 is 11.6 Å². The number of benzene rings is 1. The van der Waals surface area contributed by atoms with Crippen LogP contribution in [0, 0.1) is 17.7 Å². The number of likely N-dealkylation sites (tertiary alicyclic amines) is 1. The third-order valence-electron chi connectivity index (χ3n) is 7.67. The number of esters is 1. The predicted octanol–water partition coefficient (Wildman–Crippen LogP) is 5.81. The third-order valence-corrected chi connectivity index (χ3v) is 7.96. The van der Waals surface area contributed by atoms with Gasteiger partial charge in [-0.05, 0) is 44.1 Å². The highest BCUT2D eigenvalue weighted by molar-refractivity contribution is 6.30. The molecule has 2 N–H and O–H groups in total. The highest BCUT2D eigenvalue weighted by atomic mass is 35.5. The number of methoxy groups -OCH3 is 1. The molecule has 1 aromatic rings. The molecule has 1 saturated heterocycles. The number of carbonyl (C=O) groups is 2. The maximum Gasteiger partial charge on any atom is 0.305 e. The topological polar surface area (TPSA) is 81.9 Å². The summed E-state index contributed by atoms with van der Waals surface area (Å²) in [7, 11) is 1.35. The van der Waals surface area contributed by atoms with E-state index >= 15 is 0 Å². The summed E-state index contributed by atoms with van der Waals surface area (Å²) < 4.78 is 25.8. The van der Waals surface area contributed by atoms with Crippen LogP contribution in [0.1, 0.15) is 88.7 Å². The Kier molecular flexibility index (Phi) is 11.9. The Labute approximate surface area is 220 Å². The van der Waals surface area contributed by atoms with E-state index in [1.165, 1.54) is 45.3 Å². The van der Waals surface area contributed by atoms with Crippen LogP contribution in [0.15, 0.2) is 18.2 Å². The second-order valence-electron chi connectivity index (χ2n) is 10.4. The van der Waals surface area contributed by atoms with Gasteiger partial charge in [-0.25, -0.2) is 4.39 Å². The van der Waals surface area contributed by atoms with E-state index in [9.17, 15) is 14.0 Å². The average Bonchev–Trinajstić information content (AvgIpc) is 2.89. The molecule has 1 heterocycles. The van der Waals surface area contributed by atoms with Crippen molar-refractivity contribution in [1.29, 1.82) is 0 Å². The van der Waals surface area contributed by atoms with Crippen molar-refractivity contribution in [2.45, 2.75) is 89.2 Å². The Balaban J connectivity index is 1.58. The third kappa shape index (κ3) is 8.70. The number of nitrogens with zero attached hydrogens (tertiary/aromatic N) is 1. The number of carbonyl (C=O) groups excluding carboxylic acids is 2. The fraction of sp³-hybridized carbons (Fsp3) is 0.714. The predicted molar refractivity (Wildman–Crippen MR) is 139 cm³/mol. The lowest BCUT2D eigenvalue weighted by molar-refractivity contribution is -0.141. The van der Waals surface area contributed by atoms with Crippen molar-refractivity contribution < 1.29 is 23.5 Å². The van der Waals surface area contributed by atoms with E-state index in [0.29, 0.717) is 43.8 Å². The van der Waals surface area contributed by atoms with Gasteiger partial charge >= 0.3 is 5.97 Å². The molecule has 1 amide bonds. The summed E-state index contributed by atoms with van der Waals surface area (Å²) in [6, 6.07) is 4.98. The molecule has 0 unspecified atom stereocenters. The van der Waals surface area contributed by atoms with Gasteiger partial charge in [0.1, 0.15) is 5.82 Å². The fourth-order valence-electron chi connectivity index (χ4n) is 5.67. The van der Waals surface area contributed by atoms with Crippen LogP contribution in [0.3, 0.4) is 0 Å². The molecule has 8 heteroatoms. The van der Waals surface area contributed by atoms with Crippen molar-refractivity contribution in [2.24, 2.45) is 17.6 Å². The van der Waals surface area contributed by atoms with E-state index < -0.39 is 11.9 Å². The van der Waals surface area contributed by atoms with E-state index in [-0.39, 0.29) is 41.9 Å². The molecule has 202 valence electrons. The normalized spacial score (nSPS) is 20.7. The second-order valence-corrected chi connectivity index (χ2v) is 10.8. The van der Waals surface area contributed by atoms with Crippen LogP contribution in [0.25, 0.3) is 0 Å². The summed E-state index contributed by atoms with van der Waals surface area (Å²) in [4.78, 5) is 26.4. The first kappa shape index (κ1) is 28.9. The summed E-state index contributed by atoms with van der Waals surface area (Å²) >= 11 is 6.07. The van der Waals surface area contributed by atoms with Crippen LogP contribution in [-0.4, -0.2) is 49.6 Å². The van der Waals surface area contributed by atoms with Crippen molar-refractivity contribution in [3.63, 3.8) is 0 Å². The van der Waals surface area contributed by atoms with Gasteiger partial charge in [-0.15, -0.1) is 0 Å². The number of hydrogen-bond acceptors (Lipinski definition) is 5. The molecule has 2 aliphatic rings. The van der Waals surface area contributed by atoms with Crippen LogP contribution in [0.5, 0.6) is 0 Å². The largest absolute Gasteiger partial charge is 0.469 e. The highest BCUT2D eigenvalue weighted by Gasteiger charge is 2.33. The van der Waals surface area contributed by atoms with Gasteiger partial charge in [-0.1, -0.05) is 55.8 Å². The van der Waals surface area contributed by atoms with Gasteiger partial charge in [-0.2, -0.15) is 0 Å². The first-order chi connectivity index (χ1) is 17.4. The molecule has 2 fully saturated rings. The number of halogens is 2. The minimum absolute atomic E-state index is 0.0476. The average molecular weight is 525 g/mol. The van der Waals surface area contributed by atoms with E-state index in [2.05, 4.69) is 0 Å². The van der Waals surface area contributed by atoms with E-state index in [1.54, 1.807) is 12.1 Å². The molecule has 0 aromatic heterocycles. The van der Waals surface area contributed by atoms with Gasteiger partial charge in [0.2, 0.25) is 5.91 Å². The molecular formula is C28H42ClFN2O4. The van der Waals surface area contributed by atoms with Crippen molar-refractivity contribution >= 4 is 23.5 Å². The molecule has 36 heavy (non-hydrogen) atoms. The quantitative estimate of drug-likeness (QED) is 0.276. The molecule has 3 rings (SSSR count). The Bertz CT molecular complexity index is 849. The lowest BCUT2D eigenvalue weighted by atomic mass is 9.84. The second kappa shape index (κ2) is 14.9.